The van der Waals surface area contributed by atoms with Crippen molar-refractivity contribution in [1.29, 1.82) is 0 Å². The van der Waals surface area contributed by atoms with Crippen LogP contribution in [0.25, 0.3) is 11.4 Å². The molecule has 1 amide bonds. The second-order valence-electron chi connectivity index (χ2n) is 6.61. The lowest BCUT2D eigenvalue weighted by atomic mass is 10.2. The first kappa shape index (κ1) is 19.5. The Balaban J connectivity index is 1.46. The Kier molecular flexibility index (Phi) is 6.04. The lowest BCUT2D eigenvalue weighted by molar-refractivity contribution is -0.129. The summed E-state index contributed by atoms with van der Waals surface area (Å²) in [6.07, 6.45) is 2.10. The Morgan fingerprint density at radius 1 is 1.29 bits per heavy atom. The fraction of sp³-hybridized carbons (Fsp3) is 0.350. The Hall–Kier alpha value is -1.83. The minimum Gasteiger partial charge on any atom is -0.334 e. The molecule has 0 spiro atoms. The van der Waals surface area contributed by atoms with E-state index in [-0.39, 0.29) is 11.9 Å². The SMILES string of the molecule is CCn1c(SCC(=O)N2CCCC2c2cccs2)nnc1-c1ccc(Cl)cc1. The summed E-state index contributed by atoms with van der Waals surface area (Å²) >= 11 is 9.17. The molecule has 1 unspecified atom stereocenters. The molecule has 1 aromatic carbocycles. The predicted octanol–water partition coefficient (Wildman–Crippen LogP) is 5.14. The van der Waals surface area contributed by atoms with E-state index in [1.165, 1.54) is 16.6 Å². The van der Waals surface area contributed by atoms with Crippen LogP contribution in [0.4, 0.5) is 0 Å². The fourth-order valence-corrected chi connectivity index (χ4v) is 5.43. The maximum absolute atomic E-state index is 12.9. The van der Waals surface area contributed by atoms with Gasteiger partial charge in [-0.05, 0) is 55.5 Å². The molecular formula is C20H21ClN4OS2. The molecule has 0 radical (unpaired) electrons. The summed E-state index contributed by atoms with van der Waals surface area (Å²) in [5.74, 6) is 1.34. The Morgan fingerprint density at radius 3 is 2.82 bits per heavy atom. The highest BCUT2D eigenvalue weighted by atomic mass is 35.5. The van der Waals surface area contributed by atoms with Crippen molar-refractivity contribution in [1.82, 2.24) is 19.7 Å². The number of rotatable bonds is 6. The van der Waals surface area contributed by atoms with Crippen LogP contribution >= 0.6 is 34.7 Å². The van der Waals surface area contributed by atoms with Gasteiger partial charge in [-0.15, -0.1) is 21.5 Å². The molecule has 1 saturated heterocycles. The van der Waals surface area contributed by atoms with Crippen LogP contribution in [0.15, 0.2) is 46.9 Å². The van der Waals surface area contributed by atoms with Crippen molar-refractivity contribution < 1.29 is 4.79 Å². The van der Waals surface area contributed by atoms with Gasteiger partial charge in [0.1, 0.15) is 0 Å². The van der Waals surface area contributed by atoms with Crippen molar-refractivity contribution in [3.8, 4) is 11.4 Å². The number of hydrogen-bond donors (Lipinski definition) is 0. The van der Waals surface area contributed by atoms with Gasteiger partial charge < -0.3 is 9.47 Å². The highest BCUT2D eigenvalue weighted by molar-refractivity contribution is 7.99. The summed E-state index contributed by atoms with van der Waals surface area (Å²) in [6, 6.07) is 12.0. The van der Waals surface area contributed by atoms with Crippen molar-refractivity contribution in [2.75, 3.05) is 12.3 Å². The van der Waals surface area contributed by atoms with Gasteiger partial charge in [-0.2, -0.15) is 0 Å². The van der Waals surface area contributed by atoms with Crippen LogP contribution in [0.1, 0.15) is 30.7 Å². The second-order valence-corrected chi connectivity index (χ2v) is 8.96. The van der Waals surface area contributed by atoms with Gasteiger partial charge in [-0.25, -0.2) is 0 Å². The standard InChI is InChI=1S/C20H21ClN4OS2/c1-2-24-19(14-7-9-15(21)10-8-14)22-23-20(24)28-13-18(26)25-11-3-5-16(25)17-6-4-12-27-17/h4,6-10,12,16H,2-3,5,11,13H2,1H3. The quantitative estimate of drug-likeness (QED) is 0.506. The summed E-state index contributed by atoms with van der Waals surface area (Å²) in [5.41, 5.74) is 0.967. The number of benzene rings is 1. The number of carbonyl (C=O) groups is 1. The van der Waals surface area contributed by atoms with E-state index in [0.29, 0.717) is 10.8 Å². The molecule has 1 aliphatic rings. The summed E-state index contributed by atoms with van der Waals surface area (Å²) in [5, 5.41) is 12.2. The number of halogens is 1. The zero-order valence-corrected chi connectivity index (χ0v) is 17.9. The van der Waals surface area contributed by atoms with E-state index in [9.17, 15) is 4.79 Å². The van der Waals surface area contributed by atoms with Gasteiger partial charge in [-0.1, -0.05) is 29.4 Å². The number of thiophene rings is 1. The molecule has 1 fully saturated rings. The number of hydrogen-bond acceptors (Lipinski definition) is 5. The Labute approximate surface area is 177 Å². The first-order valence-electron chi connectivity index (χ1n) is 9.32. The molecule has 8 heteroatoms. The highest BCUT2D eigenvalue weighted by Crippen LogP contribution is 2.35. The number of thioether (sulfide) groups is 1. The van der Waals surface area contributed by atoms with Crippen molar-refractivity contribution in [3.05, 3.63) is 51.7 Å². The third-order valence-electron chi connectivity index (χ3n) is 4.90. The molecule has 5 nitrogen and oxygen atoms in total. The monoisotopic (exact) mass is 432 g/mol. The molecule has 0 N–H and O–H groups in total. The Bertz CT molecular complexity index is 940. The molecule has 146 valence electrons. The van der Waals surface area contributed by atoms with E-state index in [4.69, 9.17) is 11.6 Å². The lowest BCUT2D eigenvalue weighted by Gasteiger charge is -2.23. The van der Waals surface area contributed by atoms with Crippen molar-refractivity contribution in [2.24, 2.45) is 0 Å². The normalized spacial score (nSPS) is 16.6. The van der Waals surface area contributed by atoms with Crippen LogP contribution in [-0.2, 0) is 11.3 Å². The fourth-order valence-electron chi connectivity index (χ4n) is 3.54. The predicted molar refractivity (Wildman–Crippen MR) is 115 cm³/mol. The minimum atomic E-state index is 0.166. The van der Waals surface area contributed by atoms with E-state index < -0.39 is 0 Å². The molecule has 4 rings (SSSR count). The van der Waals surface area contributed by atoms with E-state index in [0.717, 1.165) is 42.5 Å². The number of carbonyl (C=O) groups excluding carboxylic acids is 1. The van der Waals surface area contributed by atoms with E-state index in [2.05, 4.69) is 34.6 Å². The first-order valence-corrected chi connectivity index (χ1v) is 11.6. The molecular weight excluding hydrogens is 412 g/mol. The molecule has 0 saturated carbocycles. The molecule has 1 atom stereocenters. The van der Waals surface area contributed by atoms with Gasteiger partial charge in [-0.3, -0.25) is 4.79 Å². The molecule has 3 aromatic rings. The maximum Gasteiger partial charge on any atom is 0.233 e. The van der Waals surface area contributed by atoms with Crippen LogP contribution in [0.2, 0.25) is 5.02 Å². The molecule has 28 heavy (non-hydrogen) atoms. The van der Waals surface area contributed by atoms with Gasteiger partial charge in [0.05, 0.1) is 11.8 Å². The number of aromatic nitrogens is 3. The minimum absolute atomic E-state index is 0.166. The summed E-state index contributed by atoms with van der Waals surface area (Å²) in [4.78, 5) is 16.2. The zero-order valence-electron chi connectivity index (χ0n) is 15.5. The third kappa shape index (κ3) is 3.97. The average molecular weight is 433 g/mol. The van der Waals surface area contributed by atoms with Gasteiger partial charge in [0.2, 0.25) is 5.91 Å². The molecule has 0 aliphatic carbocycles. The second kappa shape index (κ2) is 8.68. The van der Waals surface area contributed by atoms with Crippen LogP contribution in [0.3, 0.4) is 0 Å². The zero-order chi connectivity index (χ0) is 19.5. The van der Waals surface area contributed by atoms with Crippen LogP contribution in [-0.4, -0.2) is 37.9 Å². The summed E-state index contributed by atoms with van der Waals surface area (Å²) < 4.78 is 2.04. The number of likely N-dealkylation sites (tertiary alicyclic amines) is 1. The van der Waals surface area contributed by atoms with E-state index in [1.807, 2.05) is 33.7 Å². The van der Waals surface area contributed by atoms with Crippen LogP contribution in [0, 0.1) is 0 Å². The van der Waals surface area contributed by atoms with Crippen LogP contribution in [0.5, 0.6) is 0 Å². The Morgan fingerprint density at radius 2 is 2.11 bits per heavy atom. The maximum atomic E-state index is 12.9. The van der Waals surface area contributed by atoms with Crippen molar-refractivity contribution >= 4 is 40.6 Å². The van der Waals surface area contributed by atoms with Crippen molar-refractivity contribution in [3.63, 3.8) is 0 Å². The first-order chi connectivity index (χ1) is 13.7. The lowest BCUT2D eigenvalue weighted by Crippen LogP contribution is -2.31. The van der Waals surface area contributed by atoms with Gasteiger partial charge in [0.25, 0.3) is 0 Å². The van der Waals surface area contributed by atoms with Gasteiger partial charge >= 0.3 is 0 Å². The summed E-state index contributed by atoms with van der Waals surface area (Å²) in [6.45, 7) is 3.63. The van der Waals surface area contributed by atoms with Gasteiger partial charge in [0, 0.05) is 28.6 Å². The molecule has 3 heterocycles. The topological polar surface area (TPSA) is 51.0 Å². The largest absolute Gasteiger partial charge is 0.334 e. The average Bonchev–Trinajstić information content (AvgIpc) is 3.46. The van der Waals surface area contributed by atoms with Crippen molar-refractivity contribution in [2.45, 2.75) is 37.5 Å². The molecule has 2 aromatic heterocycles. The molecule has 0 bridgehead atoms. The smallest absolute Gasteiger partial charge is 0.233 e. The van der Waals surface area contributed by atoms with E-state index >= 15 is 0 Å². The van der Waals surface area contributed by atoms with E-state index in [1.54, 1.807) is 11.3 Å². The van der Waals surface area contributed by atoms with Crippen LogP contribution < -0.4 is 0 Å². The number of nitrogens with zero attached hydrogens (tertiary/aromatic N) is 4. The molecule has 1 aliphatic heterocycles. The highest BCUT2D eigenvalue weighted by Gasteiger charge is 2.30. The third-order valence-corrected chi connectivity index (χ3v) is 7.08. The number of amides is 1. The summed E-state index contributed by atoms with van der Waals surface area (Å²) in [7, 11) is 0. The van der Waals surface area contributed by atoms with Gasteiger partial charge in [0.15, 0.2) is 11.0 Å².